The average molecular weight is 345 g/mol. The van der Waals surface area contributed by atoms with Crippen LogP contribution in [0.5, 0.6) is 0 Å². The summed E-state index contributed by atoms with van der Waals surface area (Å²) in [6.45, 7) is 1.92. The third kappa shape index (κ3) is 3.74. The quantitative estimate of drug-likeness (QED) is 0.818. The van der Waals surface area contributed by atoms with Crippen LogP contribution in [0.15, 0.2) is 27.5 Å². The summed E-state index contributed by atoms with van der Waals surface area (Å²) in [4.78, 5) is 10.9. The fourth-order valence-corrected chi connectivity index (χ4v) is 2.94. The Hall–Kier alpha value is -2.13. The molecule has 0 aliphatic heterocycles. The number of nitrogens with one attached hydrogen (secondary N) is 1. The molecular weight excluding hydrogens is 332 g/mol. The van der Waals surface area contributed by atoms with Crippen molar-refractivity contribution in [1.82, 2.24) is 10.2 Å². The molecule has 2 rings (SSSR count). The first-order chi connectivity index (χ1) is 10.3. The Morgan fingerprint density at radius 1 is 1.36 bits per heavy atom. The van der Waals surface area contributed by atoms with Crippen LogP contribution in [-0.4, -0.2) is 24.5 Å². The first-order valence-corrected chi connectivity index (χ1v) is 8.13. The number of benzene rings is 1. The number of nitrogens with two attached hydrogens (primary N) is 1. The van der Waals surface area contributed by atoms with Crippen molar-refractivity contribution in [2.75, 3.05) is 4.72 Å². The number of sulfonamides is 1. The van der Waals surface area contributed by atoms with Gasteiger partial charge in [-0.15, -0.1) is 5.10 Å². The van der Waals surface area contributed by atoms with E-state index in [2.05, 4.69) is 14.9 Å². The molecule has 0 saturated heterocycles. The fraction of sp³-hybridized carbons (Fsp3) is 0.250. The van der Waals surface area contributed by atoms with E-state index in [0.717, 1.165) is 12.5 Å². The smallest absolute Gasteiger partial charge is 0.329 e. The molecule has 1 aromatic heterocycles. The second kappa shape index (κ2) is 6.32. The Bertz CT molecular complexity index is 803. The van der Waals surface area contributed by atoms with Crippen LogP contribution in [0, 0.1) is 0 Å². The third-order valence-corrected chi connectivity index (χ3v) is 4.14. The van der Waals surface area contributed by atoms with Crippen molar-refractivity contribution in [2.24, 2.45) is 5.73 Å². The molecule has 1 heterocycles. The van der Waals surface area contributed by atoms with E-state index in [1.807, 2.05) is 6.92 Å². The lowest BCUT2D eigenvalue weighted by Gasteiger charge is -2.06. The van der Waals surface area contributed by atoms with Gasteiger partial charge in [0.05, 0.1) is 4.90 Å². The molecule has 0 unspecified atom stereocenters. The van der Waals surface area contributed by atoms with E-state index >= 15 is 0 Å². The summed E-state index contributed by atoms with van der Waals surface area (Å²) >= 11 is 5.80. The number of hydrogen-bond donors (Lipinski definition) is 2. The standard InChI is InChI=1S/C12H13ClN4O4S/c1-2-3-10-15-16-12(21-10)17-22(19,20)9-5-7(11(14)18)4-8(13)6-9/h4-6H,2-3H2,1H3,(H2,14,18)(H,16,17). The number of halogens is 1. The van der Waals surface area contributed by atoms with Crippen molar-refractivity contribution in [3.8, 4) is 0 Å². The molecule has 0 fully saturated rings. The summed E-state index contributed by atoms with van der Waals surface area (Å²) in [5, 5.41) is 7.36. The van der Waals surface area contributed by atoms with Crippen LogP contribution in [0.1, 0.15) is 29.6 Å². The molecule has 0 radical (unpaired) electrons. The predicted molar refractivity (Wildman–Crippen MR) is 79.1 cm³/mol. The normalized spacial score (nSPS) is 11.4. The average Bonchev–Trinajstić information content (AvgIpc) is 2.85. The van der Waals surface area contributed by atoms with Crippen LogP contribution in [0.2, 0.25) is 5.02 Å². The number of carbonyl (C=O) groups is 1. The number of aryl methyl sites for hydroxylation is 1. The first kappa shape index (κ1) is 16.2. The third-order valence-electron chi connectivity index (χ3n) is 2.62. The van der Waals surface area contributed by atoms with Gasteiger partial charge in [0.2, 0.25) is 11.8 Å². The molecule has 2 aromatic rings. The maximum atomic E-state index is 12.2. The van der Waals surface area contributed by atoms with Gasteiger partial charge in [-0.3, -0.25) is 4.79 Å². The summed E-state index contributed by atoms with van der Waals surface area (Å²) in [5.74, 6) is -0.467. The van der Waals surface area contributed by atoms with Crippen LogP contribution in [-0.2, 0) is 16.4 Å². The molecule has 0 bridgehead atoms. The van der Waals surface area contributed by atoms with Crippen LogP contribution < -0.4 is 10.5 Å². The SMILES string of the molecule is CCCc1nnc(NS(=O)(=O)c2cc(Cl)cc(C(N)=O)c2)o1. The Labute approximate surface area is 131 Å². The van der Waals surface area contributed by atoms with Gasteiger partial charge in [-0.05, 0) is 24.6 Å². The Balaban J connectivity index is 2.31. The van der Waals surface area contributed by atoms with Crippen molar-refractivity contribution < 1.29 is 17.6 Å². The van der Waals surface area contributed by atoms with Gasteiger partial charge in [0.15, 0.2) is 0 Å². The zero-order chi connectivity index (χ0) is 16.3. The number of rotatable bonds is 6. The van der Waals surface area contributed by atoms with E-state index in [1.54, 1.807) is 0 Å². The molecule has 0 atom stereocenters. The van der Waals surface area contributed by atoms with Crippen molar-refractivity contribution in [2.45, 2.75) is 24.7 Å². The highest BCUT2D eigenvalue weighted by molar-refractivity contribution is 7.92. The topological polar surface area (TPSA) is 128 Å². The molecule has 22 heavy (non-hydrogen) atoms. The number of primary amides is 1. The molecule has 1 aromatic carbocycles. The number of carbonyl (C=O) groups excluding carboxylic acids is 1. The maximum Gasteiger partial charge on any atom is 0.329 e. The van der Waals surface area contributed by atoms with Crippen molar-refractivity contribution in [3.63, 3.8) is 0 Å². The predicted octanol–water partition coefficient (Wildman–Crippen LogP) is 1.58. The summed E-state index contributed by atoms with van der Waals surface area (Å²) in [7, 11) is -4.03. The van der Waals surface area contributed by atoms with E-state index in [0.29, 0.717) is 12.3 Å². The van der Waals surface area contributed by atoms with E-state index in [1.165, 1.54) is 12.1 Å². The Morgan fingerprint density at radius 3 is 2.73 bits per heavy atom. The van der Waals surface area contributed by atoms with E-state index in [-0.39, 0.29) is 21.5 Å². The lowest BCUT2D eigenvalue weighted by Crippen LogP contribution is -2.16. The van der Waals surface area contributed by atoms with Gasteiger partial charge >= 0.3 is 6.01 Å². The van der Waals surface area contributed by atoms with Crippen molar-refractivity contribution in [3.05, 3.63) is 34.7 Å². The van der Waals surface area contributed by atoms with Gasteiger partial charge in [0.1, 0.15) is 0 Å². The van der Waals surface area contributed by atoms with Crippen LogP contribution in [0.25, 0.3) is 0 Å². The minimum Gasteiger partial charge on any atom is -0.407 e. The van der Waals surface area contributed by atoms with Crippen molar-refractivity contribution in [1.29, 1.82) is 0 Å². The molecule has 0 aliphatic carbocycles. The molecule has 1 amide bonds. The number of aromatic nitrogens is 2. The molecule has 10 heteroatoms. The van der Waals surface area contributed by atoms with Gasteiger partial charge in [-0.1, -0.05) is 23.6 Å². The highest BCUT2D eigenvalue weighted by Gasteiger charge is 2.20. The summed E-state index contributed by atoms with van der Waals surface area (Å²) in [6, 6.07) is 3.30. The minimum absolute atomic E-state index is 0.0231. The zero-order valence-corrected chi connectivity index (χ0v) is 13.1. The van der Waals surface area contributed by atoms with Crippen LogP contribution in [0.4, 0.5) is 6.01 Å². The van der Waals surface area contributed by atoms with Crippen LogP contribution in [0.3, 0.4) is 0 Å². The highest BCUT2D eigenvalue weighted by atomic mass is 35.5. The zero-order valence-electron chi connectivity index (χ0n) is 11.5. The number of amides is 1. The van der Waals surface area contributed by atoms with Crippen molar-refractivity contribution >= 4 is 33.5 Å². The molecule has 118 valence electrons. The molecule has 0 saturated carbocycles. The molecular formula is C12H13ClN4O4S. The summed E-state index contributed by atoms with van der Waals surface area (Å²) < 4.78 is 31.8. The fourth-order valence-electron chi connectivity index (χ4n) is 1.64. The lowest BCUT2D eigenvalue weighted by molar-refractivity contribution is 0.1000. The van der Waals surface area contributed by atoms with Gasteiger partial charge in [-0.25, -0.2) is 13.1 Å². The highest BCUT2D eigenvalue weighted by Crippen LogP contribution is 2.21. The lowest BCUT2D eigenvalue weighted by atomic mass is 10.2. The number of nitrogens with zero attached hydrogens (tertiary/aromatic N) is 2. The Kier molecular flexibility index (Phi) is 4.67. The first-order valence-electron chi connectivity index (χ1n) is 6.27. The Morgan fingerprint density at radius 2 is 2.09 bits per heavy atom. The second-order valence-corrected chi connectivity index (χ2v) is 6.52. The van der Waals surface area contributed by atoms with Gasteiger partial charge < -0.3 is 10.2 Å². The van der Waals surface area contributed by atoms with Crippen LogP contribution >= 0.6 is 11.6 Å². The molecule has 3 N–H and O–H groups in total. The molecule has 0 spiro atoms. The number of hydrogen-bond acceptors (Lipinski definition) is 6. The molecule has 8 nitrogen and oxygen atoms in total. The minimum atomic E-state index is -4.03. The molecule has 0 aliphatic rings. The second-order valence-electron chi connectivity index (χ2n) is 4.40. The maximum absolute atomic E-state index is 12.2. The largest absolute Gasteiger partial charge is 0.407 e. The number of anilines is 1. The van der Waals surface area contributed by atoms with Gasteiger partial charge in [-0.2, -0.15) is 0 Å². The van der Waals surface area contributed by atoms with E-state index < -0.39 is 15.9 Å². The van der Waals surface area contributed by atoms with Gasteiger partial charge in [0.25, 0.3) is 10.0 Å². The van der Waals surface area contributed by atoms with Gasteiger partial charge in [0, 0.05) is 17.0 Å². The van der Waals surface area contributed by atoms with E-state index in [9.17, 15) is 13.2 Å². The van der Waals surface area contributed by atoms with E-state index in [4.69, 9.17) is 21.8 Å². The summed E-state index contributed by atoms with van der Waals surface area (Å²) in [6.07, 6.45) is 1.32. The monoisotopic (exact) mass is 344 g/mol. The summed E-state index contributed by atoms with van der Waals surface area (Å²) in [5.41, 5.74) is 5.11.